The summed E-state index contributed by atoms with van der Waals surface area (Å²) in [6.07, 6.45) is 2.77. The minimum absolute atomic E-state index is 0. The van der Waals surface area contributed by atoms with Crippen molar-refractivity contribution in [3.63, 3.8) is 0 Å². The molecule has 4 rings (SSSR count). The lowest BCUT2D eigenvalue weighted by molar-refractivity contribution is -0.134. The Balaban J connectivity index is 0.00000256. The first-order valence-corrected chi connectivity index (χ1v) is 10.3. The van der Waals surface area contributed by atoms with E-state index in [-0.39, 0.29) is 36.4 Å². The zero-order valence-electron chi connectivity index (χ0n) is 17.0. The van der Waals surface area contributed by atoms with Crippen LogP contribution in [0.1, 0.15) is 19.3 Å². The fourth-order valence-corrected chi connectivity index (χ4v) is 4.09. The van der Waals surface area contributed by atoms with Crippen LogP contribution in [-0.4, -0.2) is 47.7 Å². The molecule has 1 amide bonds. The summed E-state index contributed by atoms with van der Waals surface area (Å²) in [7, 11) is 0. The third kappa shape index (κ3) is 4.51. The van der Waals surface area contributed by atoms with Crippen LogP contribution in [0.25, 0.3) is 21.8 Å². The molecule has 2 N–H and O–H groups in total. The van der Waals surface area contributed by atoms with Crippen LogP contribution in [0.4, 0.5) is 0 Å². The molecule has 1 aliphatic heterocycles. The van der Waals surface area contributed by atoms with Crippen molar-refractivity contribution in [1.82, 2.24) is 9.47 Å². The molecule has 0 unspecified atom stereocenters. The van der Waals surface area contributed by atoms with Crippen LogP contribution in [0.2, 0.25) is 0 Å². The van der Waals surface area contributed by atoms with E-state index in [0.717, 1.165) is 30.3 Å². The third-order valence-corrected chi connectivity index (χ3v) is 5.67. The molecule has 0 bridgehead atoms. The third-order valence-electron chi connectivity index (χ3n) is 5.67. The molecule has 160 valence electrons. The maximum Gasteiger partial charge on any atom is 0.242 e. The number of ether oxygens (including phenoxy) is 1. The van der Waals surface area contributed by atoms with Crippen LogP contribution in [0.5, 0.6) is 0 Å². The summed E-state index contributed by atoms with van der Waals surface area (Å²) in [5.74, 6) is 0.0735. The van der Waals surface area contributed by atoms with Crippen molar-refractivity contribution < 1.29 is 9.53 Å². The number of pyridine rings is 1. The van der Waals surface area contributed by atoms with E-state index in [0.29, 0.717) is 37.0 Å². The number of carbonyl (C=O) groups excluding carboxylic acids is 1. The van der Waals surface area contributed by atoms with Crippen LogP contribution < -0.4 is 11.2 Å². The van der Waals surface area contributed by atoms with Gasteiger partial charge >= 0.3 is 0 Å². The second-order valence-corrected chi connectivity index (χ2v) is 7.54. The molecule has 30 heavy (non-hydrogen) atoms. The first kappa shape index (κ1) is 22.3. The molecule has 0 radical (unpaired) electrons. The maximum atomic E-state index is 13.1. The Kier molecular flexibility index (Phi) is 7.48. The number of aromatic nitrogens is 1. The number of rotatable bonds is 6. The van der Waals surface area contributed by atoms with Crippen molar-refractivity contribution in [3.05, 3.63) is 58.8 Å². The Labute approximate surface area is 182 Å². The number of piperidine rings is 1. The second-order valence-electron chi connectivity index (χ2n) is 7.54. The summed E-state index contributed by atoms with van der Waals surface area (Å²) in [6.45, 7) is 2.94. The first-order valence-electron chi connectivity index (χ1n) is 10.3. The molecule has 2 aromatic carbocycles. The summed E-state index contributed by atoms with van der Waals surface area (Å²) in [4.78, 5) is 27.8. The maximum absolute atomic E-state index is 13.1. The highest BCUT2D eigenvalue weighted by Crippen LogP contribution is 2.20. The fraction of sp³-hybridized carbons (Fsp3) is 0.391. The van der Waals surface area contributed by atoms with Gasteiger partial charge < -0.3 is 19.9 Å². The van der Waals surface area contributed by atoms with Crippen LogP contribution in [0.3, 0.4) is 0 Å². The number of amides is 1. The second kappa shape index (κ2) is 10.1. The van der Waals surface area contributed by atoms with Gasteiger partial charge in [-0.3, -0.25) is 9.59 Å². The molecule has 7 heteroatoms. The molecule has 2 heterocycles. The van der Waals surface area contributed by atoms with Crippen molar-refractivity contribution in [2.45, 2.75) is 31.9 Å². The first-order chi connectivity index (χ1) is 14.2. The number of halogens is 1. The summed E-state index contributed by atoms with van der Waals surface area (Å²) in [5, 5.41) is 1.29. The lowest BCUT2D eigenvalue weighted by Gasteiger charge is -2.32. The van der Waals surface area contributed by atoms with Gasteiger partial charge in [-0.25, -0.2) is 0 Å². The SMILES string of the molecule is Cl.NCCCOC1CCN(C(=O)Cn2c3ccccc3c(=O)c3ccccc32)CC1. The van der Waals surface area contributed by atoms with E-state index in [4.69, 9.17) is 10.5 Å². The van der Waals surface area contributed by atoms with Crippen LogP contribution in [0, 0.1) is 0 Å². The number of nitrogens with zero attached hydrogens (tertiary/aromatic N) is 2. The van der Waals surface area contributed by atoms with E-state index in [9.17, 15) is 9.59 Å². The van der Waals surface area contributed by atoms with Crippen molar-refractivity contribution in [1.29, 1.82) is 0 Å². The fourth-order valence-electron chi connectivity index (χ4n) is 4.09. The Bertz CT molecular complexity index is 1010. The van der Waals surface area contributed by atoms with Crippen molar-refractivity contribution in [3.8, 4) is 0 Å². The van der Waals surface area contributed by atoms with Crippen molar-refractivity contribution >= 4 is 40.1 Å². The Hall–Kier alpha value is -2.41. The predicted octanol–water partition coefficient (Wildman–Crippen LogP) is 2.93. The summed E-state index contributed by atoms with van der Waals surface area (Å²) >= 11 is 0. The lowest BCUT2D eigenvalue weighted by atomic mass is 10.1. The van der Waals surface area contributed by atoms with E-state index >= 15 is 0 Å². The summed E-state index contributed by atoms with van der Waals surface area (Å²) in [5.41, 5.74) is 7.11. The van der Waals surface area contributed by atoms with E-state index in [2.05, 4.69) is 0 Å². The molecule has 0 aliphatic carbocycles. The van der Waals surface area contributed by atoms with Gasteiger partial charge in [-0.2, -0.15) is 0 Å². The highest BCUT2D eigenvalue weighted by molar-refractivity contribution is 5.94. The number of carbonyl (C=O) groups is 1. The lowest BCUT2D eigenvalue weighted by Crippen LogP contribution is -2.42. The smallest absolute Gasteiger partial charge is 0.242 e. The molecule has 0 atom stereocenters. The van der Waals surface area contributed by atoms with E-state index in [1.54, 1.807) is 0 Å². The number of hydrogen-bond acceptors (Lipinski definition) is 4. The number of hydrogen-bond donors (Lipinski definition) is 1. The molecular formula is C23H28ClN3O3. The molecule has 1 aliphatic rings. The predicted molar refractivity (Wildman–Crippen MR) is 122 cm³/mol. The average molecular weight is 430 g/mol. The van der Waals surface area contributed by atoms with Gasteiger partial charge in [0.2, 0.25) is 5.91 Å². The average Bonchev–Trinajstić information content (AvgIpc) is 2.77. The highest BCUT2D eigenvalue weighted by Gasteiger charge is 2.24. The minimum Gasteiger partial charge on any atom is -0.378 e. The molecule has 1 fully saturated rings. The number of nitrogens with two attached hydrogens (primary N) is 1. The Morgan fingerprint density at radius 2 is 1.57 bits per heavy atom. The topological polar surface area (TPSA) is 77.6 Å². The Morgan fingerprint density at radius 3 is 2.13 bits per heavy atom. The molecule has 1 saturated heterocycles. The van der Waals surface area contributed by atoms with Gasteiger partial charge in [0.1, 0.15) is 6.54 Å². The highest BCUT2D eigenvalue weighted by atomic mass is 35.5. The van der Waals surface area contributed by atoms with Gasteiger partial charge in [0.15, 0.2) is 5.43 Å². The van der Waals surface area contributed by atoms with Gasteiger partial charge in [-0.1, -0.05) is 24.3 Å². The number of benzene rings is 2. The molecule has 3 aromatic rings. The zero-order valence-corrected chi connectivity index (χ0v) is 17.8. The van der Waals surface area contributed by atoms with Crippen molar-refractivity contribution in [2.75, 3.05) is 26.2 Å². The standard InChI is InChI=1S/C23H27N3O3.ClH/c24-12-5-15-29-17-10-13-25(14-11-17)22(27)16-26-20-8-3-1-6-18(20)23(28)19-7-2-4-9-21(19)26;/h1-4,6-9,17H,5,10-16,24H2;1H. The normalized spacial score (nSPS) is 14.8. The number of fused-ring (bicyclic) bond motifs is 2. The van der Waals surface area contributed by atoms with Gasteiger partial charge in [0, 0.05) is 30.5 Å². The van der Waals surface area contributed by atoms with Crippen LogP contribution in [-0.2, 0) is 16.1 Å². The largest absolute Gasteiger partial charge is 0.378 e. The quantitative estimate of drug-likeness (QED) is 0.482. The van der Waals surface area contributed by atoms with Crippen LogP contribution >= 0.6 is 12.4 Å². The van der Waals surface area contributed by atoms with Gasteiger partial charge in [-0.15, -0.1) is 12.4 Å². The number of likely N-dealkylation sites (tertiary alicyclic amines) is 1. The summed E-state index contributed by atoms with van der Waals surface area (Å²) in [6, 6.07) is 15.0. The molecular weight excluding hydrogens is 402 g/mol. The monoisotopic (exact) mass is 429 g/mol. The minimum atomic E-state index is 0. The van der Waals surface area contributed by atoms with Gasteiger partial charge in [0.05, 0.1) is 17.1 Å². The van der Waals surface area contributed by atoms with Crippen LogP contribution in [0.15, 0.2) is 53.3 Å². The van der Waals surface area contributed by atoms with E-state index in [1.807, 2.05) is 58.0 Å². The van der Waals surface area contributed by atoms with Gasteiger partial charge in [0.25, 0.3) is 0 Å². The molecule has 6 nitrogen and oxygen atoms in total. The van der Waals surface area contributed by atoms with E-state index in [1.165, 1.54) is 0 Å². The van der Waals surface area contributed by atoms with E-state index < -0.39 is 0 Å². The zero-order chi connectivity index (χ0) is 20.2. The van der Waals surface area contributed by atoms with Gasteiger partial charge in [-0.05, 0) is 50.1 Å². The van der Waals surface area contributed by atoms with Crippen molar-refractivity contribution in [2.24, 2.45) is 5.73 Å². The Morgan fingerprint density at radius 1 is 1.00 bits per heavy atom. The summed E-state index contributed by atoms with van der Waals surface area (Å²) < 4.78 is 7.81. The molecule has 1 aromatic heterocycles. The number of para-hydroxylation sites is 2. The molecule has 0 saturated carbocycles. The molecule has 0 spiro atoms.